The van der Waals surface area contributed by atoms with Crippen LogP contribution < -0.4 is 5.73 Å². The molecule has 0 bridgehead atoms. The normalized spacial score (nSPS) is 16.8. The fourth-order valence-electron chi connectivity index (χ4n) is 2.70. The number of amides is 1. The molecule has 18 heavy (non-hydrogen) atoms. The van der Waals surface area contributed by atoms with E-state index in [0.717, 1.165) is 25.1 Å². The number of hydrogen-bond acceptors (Lipinski definition) is 3. The van der Waals surface area contributed by atoms with Crippen LogP contribution in [-0.2, 0) is 0 Å². The van der Waals surface area contributed by atoms with E-state index in [2.05, 4.69) is 10.2 Å². The molecule has 1 amide bonds. The molecular formula is C13H22N4O. The second-order valence-corrected chi connectivity index (χ2v) is 4.99. The molecule has 1 heterocycles. The molecule has 0 saturated heterocycles. The van der Waals surface area contributed by atoms with E-state index in [1.165, 1.54) is 19.3 Å². The third kappa shape index (κ3) is 2.35. The van der Waals surface area contributed by atoms with E-state index in [9.17, 15) is 4.79 Å². The Morgan fingerprint density at radius 1 is 1.44 bits per heavy atom. The maximum Gasteiger partial charge on any atom is 0.276 e. The average Bonchev–Trinajstić information content (AvgIpc) is 2.72. The van der Waals surface area contributed by atoms with Gasteiger partial charge in [-0.05, 0) is 26.7 Å². The highest BCUT2D eigenvalue weighted by atomic mass is 16.2. The predicted molar refractivity (Wildman–Crippen MR) is 71.3 cm³/mol. The lowest BCUT2D eigenvalue weighted by Crippen LogP contribution is -2.41. The van der Waals surface area contributed by atoms with Crippen LogP contribution in [0.2, 0.25) is 0 Å². The zero-order valence-electron chi connectivity index (χ0n) is 11.2. The molecule has 1 fully saturated rings. The first-order chi connectivity index (χ1) is 8.65. The smallest absolute Gasteiger partial charge is 0.276 e. The molecule has 100 valence electrons. The maximum atomic E-state index is 12.5. The Kier molecular flexibility index (Phi) is 3.89. The first-order valence-corrected chi connectivity index (χ1v) is 6.76. The van der Waals surface area contributed by atoms with Crippen molar-refractivity contribution in [3.05, 3.63) is 11.4 Å². The summed E-state index contributed by atoms with van der Waals surface area (Å²) < 4.78 is 0. The van der Waals surface area contributed by atoms with Crippen LogP contribution in [0.3, 0.4) is 0 Å². The minimum atomic E-state index is -0.0359. The summed E-state index contributed by atoms with van der Waals surface area (Å²) in [4.78, 5) is 14.4. The first-order valence-electron chi connectivity index (χ1n) is 6.76. The third-order valence-corrected chi connectivity index (χ3v) is 3.81. The van der Waals surface area contributed by atoms with Gasteiger partial charge in [0.25, 0.3) is 5.91 Å². The van der Waals surface area contributed by atoms with Gasteiger partial charge < -0.3 is 10.6 Å². The van der Waals surface area contributed by atoms with Gasteiger partial charge in [-0.3, -0.25) is 9.89 Å². The average molecular weight is 250 g/mol. The molecule has 0 atom stereocenters. The highest BCUT2D eigenvalue weighted by molar-refractivity contribution is 5.97. The van der Waals surface area contributed by atoms with E-state index in [0.29, 0.717) is 17.4 Å². The van der Waals surface area contributed by atoms with Gasteiger partial charge in [-0.15, -0.1) is 0 Å². The van der Waals surface area contributed by atoms with E-state index >= 15 is 0 Å². The Balaban J connectivity index is 2.16. The number of nitrogens with zero attached hydrogens (tertiary/aromatic N) is 2. The molecule has 0 spiro atoms. The molecule has 1 aliphatic rings. The Hall–Kier alpha value is -1.52. The molecule has 1 aromatic heterocycles. The van der Waals surface area contributed by atoms with Crippen LogP contribution >= 0.6 is 0 Å². The summed E-state index contributed by atoms with van der Waals surface area (Å²) in [5.74, 6) is -0.0359. The summed E-state index contributed by atoms with van der Waals surface area (Å²) in [6.45, 7) is 4.56. The largest absolute Gasteiger partial charge is 0.395 e. The SMILES string of the molecule is CCN(C(=O)c1n[nH]c(C)c1N)C1CCCCC1. The molecule has 0 aliphatic heterocycles. The van der Waals surface area contributed by atoms with Gasteiger partial charge in [-0.25, -0.2) is 0 Å². The molecule has 1 aliphatic carbocycles. The summed E-state index contributed by atoms with van der Waals surface area (Å²) in [5.41, 5.74) is 7.50. The zero-order chi connectivity index (χ0) is 13.1. The van der Waals surface area contributed by atoms with Crippen molar-refractivity contribution >= 4 is 11.6 Å². The number of nitrogen functional groups attached to an aromatic ring is 1. The fraction of sp³-hybridized carbons (Fsp3) is 0.692. The van der Waals surface area contributed by atoms with Crippen LogP contribution in [0.15, 0.2) is 0 Å². The molecule has 2 rings (SSSR count). The minimum absolute atomic E-state index is 0.0359. The summed E-state index contributed by atoms with van der Waals surface area (Å²) in [7, 11) is 0. The second-order valence-electron chi connectivity index (χ2n) is 4.99. The number of nitrogens with two attached hydrogens (primary N) is 1. The lowest BCUT2D eigenvalue weighted by Gasteiger charge is -2.33. The Morgan fingerprint density at radius 3 is 2.61 bits per heavy atom. The molecule has 3 N–H and O–H groups in total. The Labute approximate surface area is 108 Å². The topological polar surface area (TPSA) is 75.0 Å². The molecule has 1 saturated carbocycles. The van der Waals surface area contributed by atoms with Crippen molar-refractivity contribution in [2.75, 3.05) is 12.3 Å². The van der Waals surface area contributed by atoms with Gasteiger partial charge in [-0.2, -0.15) is 5.10 Å². The summed E-state index contributed by atoms with van der Waals surface area (Å²) in [6.07, 6.45) is 5.91. The maximum absolute atomic E-state index is 12.5. The van der Waals surface area contributed by atoms with Gasteiger partial charge in [-0.1, -0.05) is 19.3 Å². The van der Waals surface area contributed by atoms with Crippen LogP contribution in [0.4, 0.5) is 5.69 Å². The van der Waals surface area contributed by atoms with Crippen molar-refractivity contribution in [3.8, 4) is 0 Å². The number of hydrogen-bond donors (Lipinski definition) is 2. The summed E-state index contributed by atoms with van der Waals surface area (Å²) in [6, 6.07) is 0.354. The monoisotopic (exact) mass is 250 g/mol. The van der Waals surface area contributed by atoms with Gasteiger partial charge in [0.2, 0.25) is 0 Å². The number of aromatic nitrogens is 2. The second kappa shape index (κ2) is 5.42. The molecule has 0 radical (unpaired) electrons. The van der Waals surface area contributed by atoms with Crippen molar-refractivity contribution in [3.63, 3.8) is 0 Å². The number of rotatable bonds is 3. The summed E-state index contributed by atoms with van der Waals surface area (Å²) in [5, 5.41) is 6.81. The first kappa shape index (κ1) is 12.9. The van der Waals surface area contributed by atoms with E-state index in [4.69, 9.17) is 5.73 Å². The molecule has 0 unspecified atom stereocenters. The van der Waals surface area contributed by atoms with Gasteiger partial charge >= 0.3 is 0 Å². The van der Waals surface area contributed by atoms with Crippen molar-refractivity contribution in [2.24, 2.45) is 0 Å². The fourth-order valence-corrected chi connectivity index (χ4v) is 2.70. The number of carbonyl (C=O) groups excluding carboxylic acids is 1. The number of aryl methyl sites for hydroxylation is 1. The Morgan fingerprint density at radius 2 is 2.11 bits per heavy atom. The number of carbonyl (C=O) groups is 1. The van der Waals surface area contributed by atoms with Crippen molar-refractivity contribution in [2.45, 2.75) is 52.0 Å². The van der Waals surface area contributed by atoms with Crippen LogP contribution in [0.25, 0.3) is 0 Å². The van der Waals surface area contributed by atoms with Gasteiger partial charge in [0, 0.05) is 12.6 Å². The van der Waals surface area contributed by atoms with E-state index in [1.807, 2.05) is 18.7 Å². The number of nitrogens with one attached hydrogen (secondary N) is 1. The predicted octanol–water partition coefficient (Wildman–Crippen LogP) is 2.10. The molecular weight excluding hydrogens is 228 g/mol. The lowest BCUT2D eigenvalue weighted by atomic mass is 9.94. The van der Waals surface area contributed by atoms with Crippen LogP contribution in [0.5, 0.6) is 0 Å². The van der Waals surface area contributed by atoms with Gasteiger partial charge in [0.15, 0.2) is 5.69 Å². The van der Waals surface area contributed by atoms with E-state index < -0.39 is 0 Å². The quantitative estimate of drug-likeness (QED) is 0.862. The van der Waals surface area contributed by atoms with Crippen LogP contribution in [-0.4, -0.2) is 33.6 Å². The van der Waals surface area contributed by atoms with Gasteiger partial charge in [0.1, 0.15) is 0 Å². The zero-order valence-corrected chi connectivity index (χ0v) is 11.2. The molecule has 0 aromatic carbocycles. The number of aromatic amines is 1. The highest BCUT2D eigenvalue weighted by Crippen LogP contribution is 2.25. The number of H-pyrrole nitrogens is 1. The van der Waals surface area contributed by atoms with Crippen molar-refractivity contribution in [1.29, 1.82) is 0 Å². The molecule has 5 heteroatoms. The standard InChI is InChI=1S/C13H22N4O/c1-3-17(10-7-5-4-6-8-10)13(18)12-11(14)9(2)15-16-12/h10H,3-8,14H2,1-2H3,(H,15,16). The van der Waals surface area contributed by atoms with Crippen LogP contribution in [0.1, 0.15) is 55.2 Å². The Bertz CT molecular complexity index is 421. The van der Waals surface area contributed by atoms with Crippen molar-refractivity contribution < 1.29 is 4.79 Å². The minimum Gasteiger partial charge on any atom is -0.395 e. The van der Waals surface area contributed by atoms with Crippen LogP contribution in [0, 0.1) is 6.92 Å². The van der Waals surface area contributed by atoms with E-state index in [-0.39, 0.29) is 5.91 Å². The third-order valence-electron chi connectivity index (χ3n) is 3.81. The van der Waals surface area contributed by atoms with Gasteiger partial charge in [0.05, 0.1) is 11.4 Å². The highest BCUT2D eigenvalue weighted by Gasteiger charge is 2.27. The molecule has 5 nitrogen and oxygen atoms in total. The lowest BCUT2D eigenvalue weighted by molar-refractivity contribution is 0.0643. The van der Waals surface area contributed by atoms with E-state index in [1.54, 1.807) is 0 Å². The molecule has 1 aromatic rings. The summed E-state index contributed by atoms with van der Waals surface area (Å²) >= 11 is 0. The van der Waals surface area contributed by atoms with Crippen molar-refractivity contribution in [1.82, 2.24) is 15.1 Å². The number of anilines is 1.